The van der Waals surface area contributed by atoms with Crippen LogP contribution in [0.25, 0.3) is 0 Å². The number of nitrogens with one attached hydrogen (secondary N) is 1. The highest BCUT2D eigenvalue weighted by atomic mass is 32.2. The number of amides is 1. The fraction of sp³-hybridized carbons (Fsp3) is 0.385. The van der Waals surface area contributed by atoms with Gasteiger partial charge in [0.25, 0.3) is 0 Å². The molecule has 0 bridgehead atoms. The number of hydrogen-bond donors (Lipinski definition) is 2. The number of carbonyl (C=O) groups is 2. The van der Waals surface area contributed by atoms with Gasteiger partial charge in [-0.25, -0.2) is 4.79 Å². The van der Waals surface area contributed by atoms with Crippen molar-refractivity contribution in [3.05, 3.63) is 35.9 Å². The summed E-state index contributed by atoms with van der Waals surface area (Å²) in [5, 5.41) is 11.3. The number of hydrogen-bond acceptors (Lipinski definition) is 3. The zero-order valence-corrected chi connectivity index (χ0v) is 11.1. The van der Waals surface area contributed by atoms with Crippen LogP contribution in [0.1, 0.15) is 12.5 Å². The maximum atomic E-state index is 10.9. The van der Waals surface area contributed by atoms with Gasteiger partial charge in [0.05, 0.1) is 0 Å². The molecule has 0 fully saturated rings. The van der Waals surface area contributed by atoms with E-state index in [0.29, 0.717) is 5.75 Å². The maximum Gasteiger partial charge on any atom is 0.327 e. The van der Waals surface area contributed by atoms with Crippen LogP contribution in [0.5, 0.6) is 0 Å². The van der Waals surface area contributed by atoms with E-state index >= 15 is 0 Å². The zero-order chi connectivity index (χ0) is 13.4. The third-order valence-corrected chi connectivity index (χ3v) is 3.40. The smallest absolute Gasteiger partial charge is 0.327 e. The molecule has 2 N–H and O–H groups in total. The Morgan fingerprint density at radius 3 is 2.56 bits per heavy atom. The first-order chi connectivity index (χ1) is 8.59. The average molecular weight is 267 g/mol. The van der Waals surface area contributed by atoms with Crippen molar-refractivity contribution in [2.75, 3.05) is 11.5 Å². The molecule has 1 rings (SSSR count). The molecule has 1 aromatic rings. The Morgan fingerprint density at radius 1 is 1.33 bits per heavy atom. The van der Waals surface area contributed by atoms with Gasteiger partial charge in [0.15, 0.2) is 0 Å². The van der Waals surface area contributed by atoms with E-state index in [1.807, 2.05) is 30.3 Å². The van der Waals surface area contributed by atoms with Crippen LogP contribution in [0.15, 0.2) is 30.3 Å². The van der Waals surface area contributed by atoms with Crippen molar-refractivity contribution in [1.29, 1.82) is 0 Å². The van der Waals surface area contributed by atoms with E-state index < -0.39 is 12.0 Å². The third kappa shape index (κ3) is 5.72. The Morgan fingerprint density at radius 2 is 2.00 bits per heavy atom. The molecular formula is C13H17NO3S. The monoisotopic (exact) mass is 267 g/mol. The fourth-order valence-electron chi connectivity index (χ4n) is 1.46. The van der Waals surface area contributed by atoms with Crippen molar-refractivity contribution in [1.82, 2.24) is 5.32 Å². The van der Waals surface area contributed by atoms with Crippen LogP contribution < -0.4 is 5.32 Å². The van der Waals surface area contributed by atoms with Crippen LogP contribution in [0, 0.1) is 0 Å². The first-order valence-corrected chi connectivity index (χ1v) is 6.86. The van der Waals surface area contributed by atoms with Gasteiger partial charge >= 0.3 is 5.97 Å². The average Bonchev–Trinajstić information content (AvgIpc) is 2.33. The Hall–Kier alpha value is -1.49. The standard InChI is InChI=1S/C13H17NO3S/c1-10(15)14-12(13(16)17)9-18-8-7-11-5-3-2-4-6-11/h2-6,12H,7-9H2,1H3,(H,14,15)(H,16,17)/t12-/m1/s1. The van der Waals surface area contributed by atoms with Gasteiger partial charge in [0.2, 0.25) is 5.91 Å². The summed E-state index contributed by atoms with van der Waals surface area (Å²) in [6.45, 7) is 1.32. The number of benzene rings is 1. The lowest BCUT2D eigenvalue weighted by Gasteiger charge is -2.12. The van der Waals surface area contributed by atoms with Gasteiger partial charge in [-0.3, -0.25) is 4.79 Å². The summed E-state index contributed by atoms with van der Waals surface area (Å²) >= 11 is 1.53. The molecule has 0 unspecified atom stereocenters. The van der Waals surface area contributed by atoms with E-state index in [1.54, 1.807) is 0 Å². The minimum atomic E-state index is -0.989. The molecular weight excluding hydrogens is 250 g/mol. The van der Waals surface area contributed by atoms with Crippen molar-refractivity contribution in [2.45, 2.75) is 19.4 Å². The van der Waals surface area contributed by atoms with E-state index in [4.69, 9.17) is 5.11 Å². The molecule has 98 valence electrons. The molecule has 4 nitrogen and oxygen atoms in total. The Labute approximate surface area is 111 Å². The van der Waals surface area contributed by atoms with Crippen LogP contribution in [-0.2, 0) is 16.0 Å². The number of aryl methyl sites for hydroxylation is 1. The number of rotatable bonds is 7. The van der Waals surface area contributed by atoms with Crippen molar-refractivity contribution in [3.63, 3.8) is 0 Å². The predicted molar refractivity (Wildman–Crippen MR) is 72.7 cm³/mol. The van der Waals surface area contributed by atoms with E-state index in [1.165, 1.54) is 24.2 Å². The molecule has 1 amide bonds. The highest BCUT2D eigenvalue weighted by molar-refractivity contribution is 7.99. The Balaban J connectivity index is 2.27. The minimum absolute atomic E-state index is 0.314. The summed E-state index contributed by atoms with van der Waals surface area (Å²) in [4.78, 5) is 21.7. The van der Waals surface area contributed by atoms with Gasteiger partial charge in [-0.15, -0.1) is 0 Å². The Bertz CT molecular complexity index is 394. The molecule has 0 aliphatic carbocycles. The maximum absolute atomic E-state index is 10.9. The molecule has 0 saturated heterocycles. The molecule has 18 heavy (non-hydrogen) atoms. The second-order valence-electron chi connectivity index (χ2n) is 3.90. The summed E-state index contributed by atoms with van der Waals surface area (Å²) in [6.07, 6.45) is 0.901. The molecule has 1 atom stereocenters. The molecule has 0 saturated carbocycles. The first kappa shape index (κ1) is 14.6. The van der Waals surface area contributed by atoms with Crippen LogP contribution in [0.3, 0.4) is 0 Å². The van der Waals surface area contributed by atoms with Crippen LogP contribution in [0.4, 0.5) is 0 Å². The quantitative estimate of drug-likeness (QED) is 0.736. The molecule has 0 spiro atoms. The van der Waals surface area contributed by atoms with Crippen LogP contribution in [0.2, 0.25) is 0 Å². The lowest BCUT2D eigenvalue weighted by molar-refractivity contribution is -0.140. The molecule has 0 aliphatic heterocycles. The normalized spacial score (nSPS) is 11.8. The van der Waals surface area contributed by atoms with Crippen molar-refractivity contribution < 1.29 is 14.7 Å². The number of carboxylic acid groups (broad SMARTS) is 1. The highest BCUT2D eigenvalue weighted by Gasteiger charge is 2.17. The van der Waals surface area contributed by atoms with Gasteiger partial charge < -0.3 is 10.4 Å². The lowest BCUT2D eigenvalue weighted by Crippen LogP contribution is -2.41. The second-order valence-corrected chi connectivity index (χ2v) is 5.05. The highest BCUT2D eigenvalue weighted by Crippen LogP contribution is 2.08. The van der Waals surface area contributed by atoms with Gasteiger partial charge in [0.1, 0.15) is 6.04 Å². The Kier molecular flexibility index (Phi) is 6.28. The molecule has 0 heterocycles. The minimum Gasteiger partial charge on any atom is -0.480 e. The summed E-state index contributed by atoms with van der Waals surface area (Å²) in [7, 11) is 0. The van der Waals surface area contributed by atoms with Crippen molar-refractivity contribution in [2.24, 2.45) is 0 Å². The molecule has 5 heteroatoms. The third-order valence-electron chi connectivity index (χ3n) is 2.34. The van der Waals surface area contributed by atoms with E-state index in [2.05, 4.69) is 5.32 Å². The van der Waals surface area contributed by atoms with Crippen LogP contribution in [-0.4, -0.2) is 34.5 Å². The first-order valence-electron chi connectivity index (χ1n) is 5.71. The summed E-state index contributed by atoms with van der Waals surface area (Å²) < 4.78 is 0. The number of aliphatic carboxylic acids is 1. The van der Waals surface area contributed by atoms with E-state index in [-0.39, 0.29) is 5.91 Å². The summed E-state index contributed by atoms with van der Waals surface area (Å²) in [5.74, 6) is -0.0711. The number of carboxylic acids is 1. The topological polar surface area (TPSA) is 66.4 Å². The second kappa shape index (κ2) is 7.76. The lowest BCUT2D eigenvalue weighted by atomic mass is 10.2. The van der Waals surface area contributed by atoms with E-state index in [9.17, 15) is 9.59 Å². The summed E-state index contributed by atoms with van der Waals surface area (Å²) in [6, 6.07) is 9.22. The summed E-state index contributed by atoms with van der Waals surface area (Å²) in [5.41, 5.74) is 1.23. The van der Waals surface area contributed by atoms with Crippen LogP contribution >= 0.6 is 11.8 Å². The van der Waals surface area contributed by atoms with Crippen molar-refractivity contribution in [3.8, 4) is 0 Å². The fourth-order valence-corrected chi connectivity index (χ4v) is 2.46. The van der Waals surface area contributed by atoms with Crippen molar-refractivity contribution >= 4 is 23.6 Å². The van der Waals surface area contributed by atoms with Gasteiger partial charge in [-0.05, 0) is 17.7 Å². The van der Waals surface area contributed by atoms with Gasteiger partial charge in [-0.1, -0.05) is 30.3 Å². The molecule has 1 aromatic carbocycles. The number of thioether (sulfide) groups is 1. The molecule has 0 aromatic heterocycles. The number of carbonyl (C=O) groups excluding carboxylic acids is 1. The SMILES string of the molecule is CC(=O)N[C@H](CSCCc1ccccc1)C(=O)O. The molecule has 0 radical (unpaired) electrons. The zero-order valence-electron chi connectivity index (χ0n) is 10.3. The van der Waals surface area contributed by atoms with Gasteiger partial charge in [0, 0.05) is 12.7 Å². The van der Waals surface area contributed by atoms with E-state index in [0.717, 1.165) is 12.2 Å². The van der Waals surface area contributed by atoms with Gasteiger partial charge in [-0.2, -0.15) is 11.8 Å². The predicted octanol–water partition coefficient (Wildman–Crippen LogP) is 1.55. The largest absolute Gasteiger partial charge is 0.480 e. The molecule has 0 aliphatic rings.